The summed E-state index contributed by atoms with van der Waals surface area (Å²) in [7, 11) is 0. The lowest BCUT2D eigenvalue weighted by Gasteiger charge is -2.07. The van der Waals surface area contributed by atoms with Crippen LogP contribution in [0, 0.1) is 0 Å². The largest absolute Gasteiger partial charge is 0.461 e. The molecule has 0 aromatic carbocycles. The van der Waals surface area contributed by atoms with Gasteiger partial charge in [-0.1, -0.05) is 23.2 Å². The van der Waals surface area contributed by atoms with Gasteiger partial charge in [-0.3, -0.25) is 4.79 Å². The first kappa shape index (κ1) is 13.7. The molecule has 0 aliphatic heterocycles. The van der Waals surface area contributed by atoms with Crippen LogP contribution in [0.25, 0.3) is 0 Å². The highest BCUT2D eigenvalue weighted by Gasteiger charge is 2.15. The monoisotopic (exact) mass is 276 g/mol. The quantitative estimate of drug-likeness (QED) is 0.658. The van der Waals surface area contributed by atoms with Crippen molar-refractivity contribution < 1.29 is 14.3 Å². The van der Waals surface area contributed by atoms with Crippen molar-refractivity contribution in [1.82, 2.24) is 10.3 Å². The number of hydrogen-bond donors (Lipinski definition) is 1. The van der Waals surface area contributed by atoms with Crippen LogP contribution in [0.15, 0.2) is 6.07 Å². The molecule has 92 valence electrons. The van der Waals surface area contributed by atoms with Gasteiger partial charge in [-0.05, 0) is 13.0 Å². The summed E-state index contributed by atoms with van der Waals surface area (Å²) < 4.78 is 4.79. The molecule has 0 bridgehead atoms. The summed E-state index contributed by atoms with van der Waals surface area (Å²) in [5.74, 6) is -0.585. The number of aromatic nitrogens is 1. The highest BCUT2D eigenvalue weighted by Crippen LogP contribution is 2.25. The maximum absolute atomic E-state index is 11.5. The summed E-state index contributed by atoms with van der Waals surface area (Å²) in [6.07, 6.45) is 0.503. The number of carbonyl (C=O) groups excluding carboxylic acids is 2. The molecule has 0 fully saturated rings. The van der Waals surface area contributed by atoms with E-state index in [-0.39, 0.29) is 28.9 Å². The molecule has 17 heavy (non-hydrogen) atoms. The molecule has 0 radical (unpaired) electrons. The number of amides is 1. The third-order valence-corrected chi connectivity index (χ3v) is 2.64. The van der Waals surface area contributed by atoms with Crippen molar-refractivity contribution in [2.45, 2.75) is 13.5 Å². The maximum Gasteiger partial charge on any atom is 0.356 e. The molecule has 1 amide bonds. The second-order valence-corrected chi connectivity index (χ2v) is 3.75. The number of esters is 1. The molecular weight excluding hydrogens is 267 g/mol. The summed E-state index contributed by atoms with van der Waals surface area (Å²) in [5, 5.41) is 2.78. The van der Waals surface area contributed by atoms with Gasteiger partial charge < -0.3 is 10.1 Å². The van der Waals surface area contributed by atoms with Gasteiger partial charge in [0.05, 0.1) is 28.9 Å². The molecule has 1 N–H and O–H groups in total. The predicted molar refractivity (Wildman–Crippen MR) is 63.1 cm³/mol. The number of hydrogen-bond acceptors (Lipinski definition) is 4. The number of rotatable bonds is 5. The van der Waals surface area contributed by atoms with Crippen molar-refractivity contribution in [1.29, 1.82) is 0 Å². The van der Waals surface area contributed by atoms with Crippen molar-refractivity contribution >= 4 is 35.6 Å². The van der Waals surface area contributed by atoms with E-state index in [0.717, 1.165) is 0 Å². The first-order valence-electron chi connectivity index (χ1n) is 4.79. The maximum atomic E-state index is 11.5. The number of halogens is 2. The topological polar surface area (TPSA) is 68.3 Å². The van der Waals surface area contributed by atoms with Gasteiger partial charge in [-0.2, -0.15) is 0 Å². The zero-order valence-electron chi connectivity index (χ0n) is 9.00. The van der Waals surface area contributed by atoms with E-state index in [1.165, 1.54) is 6.07 Å². The number of pyridine rings is 1. The molecule has 1 heterocycles. The molecule has 5 nitrogen and oxygen atoms in total. The Bertz CT molecular complexity index is 438. The van der Waals surface area contributed by atoms with Crippen LogP contribution in [-0.2, 0) is 16.1 Å². The fraction of sp³-hybridized carbons (Fsp3) is 0.300. The van der Waals surface area contributed by atoms with E-state index in [4.69, 9.17) is 27.9 Å². The van der Waals surface area contributed by atoms with E-state index >= 15 is 0 Å². The fourth-order valence-electron chi connectivity index (χ4n) is 1.11. The van der Waals surface area contributed by atoms with Crippen LogP contribution in [0.2, 0.25) is 10.0 Å². The third kappa shape index (κ3) is 3.57. The van der Waals surface area contributed by atoms with Crippen LogP contribution in [0.4, 0.5) is 0 Å². The van der Waals surface area contributed by atoms with Crippen LogP contribution < -0.4 is 5.32 Å². The first-order chi connectivity index (χ1) is 8.10. The van der Waals surface area contributed by atoms with Crippen molar-refractivity contribution in [3.05, 3.63) is 27.5 Å². The summed E-state index contributed by atoms with van der Waals surface area (Å²) in [6.45, 7) is 2.02. The highest BCUT2D eigenvalue weighted by molar-refractivity contribution is 6.42. The van der Waals surface area contributed by atoms with Gasteiger partial charge in [-0.25, -0.2) is 9.78 Å². The van der Waals surface area contributed by atoms with E-state index in [0.29, 0.717) is 12.1 Å². The molecule has 1 rings (SSSR count). The van der Waals surface area contributed by atoms with E-state index in [1.54, 1.807) is 6.92 Å². The number of carbonyl (C=O) groups is 2. The second-order valence-electron chi connectivity index (χ2n) is 2.97. The van der Waals surface area contributed by atoms with Crippen molar-refractivity contribution in [2.75, 3.05) is 6.61 Å². The van der Waals surface area contributed by atoms with E-state index < -0.39 is 5.97 Å². The summed E-state index contributed by atoms with van der Waals surface area (Å²) >= 11 is 11.7. The Labute approximate surface area is 108 Å². The lowest BCUT2D eigenvalue weighted by atomic mass is 10.3. The van der Waals surface area contributed by atoms with Crippen molar-refractivity contribution in [2.24, 2.45) is 0 Å². The number of nitrogens with zero attached hydrogens (tertiary/aromatic N) is 1. The third-order valence-electron chi connectivity index (χ3n) is 1.82. The summed E-state index contributed by atoms with van der Waals surface area (Å²) in [5.41, 5.74) is 0.373. The molecule has 0 spiro atoms. The average molecular weight is 277 g/mol. The predicted octanol–water partition coefficient (Wildman–Crippen LogP) is 1.81. The zero-order valence-corrected chi connectivity index (χ0v) is 10.5. The molecule has 1 aromatic rings. The minimum absolute atomic E-state index is 0.0592. The van der Waals surface area contributed by atoms with E-state index in [2.05, 4.69) is 10.3 Å². The number of nitrogens with one attached hydrogen (secondary N) is 1. The van der Waals surface area contributed by atoms with E-state index in [9.17, 15) is 9.59 Å². The van der Waals surface area contributed by atoms with Gasteiger partial charge in [0.15, 0.2) is 0 Å². The Hall–Kier alpha value is -1.33. The first-order valence-corrected chi connectivity index (χ1v) is 5.54. The van der Waals surface area contributed by atoms with Crippen LogP contribution in [-0.4, -0.2) is 24.0 Å². The molecular formula is C10H10Cl2N2O3. The Morgan fingerprint density at radius 2 is 2.29 bits per heavy atom. The van der Waals surface area contributed by atoms with Gasteiger partial charge in [0, 0.05) is 0 Å². The van der Waals surface area contributed by atoms with Gasteiger partial charge >= 0.3 is 5.97 Å². The van der Waals surface area contributed by atoms with Crippen LogP contribution in [0.5, 0.6) is 0 Å². The van der Waals surface area contributed by atoms with E-state index in [1.807, 2.05) is 0 Å². The van der Waals surface area contributed by atoms with Gasteiger partial charge in [0.2, 0.25) is 6.41 Å². The zero-order chi connectivity index (χ0) is 12.8. The molecule has 0 atom stereocenters. The summed E-state index contributed by atoms with van der Waals surface area (Å²) in [4.78, 5) is 25.6. The van der Waals surface area contributed by atoms with Crippen molar-refractivity contribution in [3.63, 3.8) is 0 Å². The summed E-state index contributed by atoms with van der Waals surface area (Å²) in [6, 6.07) is 1.33. The molecule has 0 unspecified atom stereocenters. The molecule has 0 saturated carbocycles. The standard InChI is InChI=1S/C10H10Cl2N2O3/c1-2-17-10(16)7-3-6(11)9(12)8(14-7)4-13-5-15/h3,5H,2,4H2,1H3,(H,13,15). The smallest absolute Gasteiger partial charge is 0.356 e. The van der Waals surface area contributed by atoms with Gasteiger partial charge in [0.25, 0.3) is 0 Å². The average Bonchev–Trinajstić information content (AvgIpc) is 2.31. The highest BCUT2D eigenvalue weighted by atomic mass is 35.5. The SMILES string of the molecule is CCOC(=O)c1cc(Cl)c(Cl)c(CNC=O)n1. The number of ether oxygens (including phenoxy) is 1. The second kappa shape index (κ2) is 6.42. The Morgan fingerprint density at radius 1 is 1.59 bits per heavy atom. The lowest BCUT2D eigenvalue weighted by Crippen LogP contribution is -2.15. The molecule has 0 aliphatic carbocycles. The van der Waals surface area contributed by atoms with Crippen LogP contribution >= 0.6 is 23.2 Å². The minimum atomic E-state index is -0.585. The molecule has 7 heteroatoms. The van der Waals surface area contributed by atoms with Gasteiger partial charge in [-0.15, -0.1) is 0 Å². The van der Waals surface area contributed by atoms with Gasteiger partial charge in [0.1, 0.15) is 5.69 Å². The fourth-order valence-corrected chi connectivity index (χ4v) is 1.49. The molecule has 0 saturated heterocycles. The normalized spacial score (nSPS) is 9.82. The van der Waals surface area contributed by atoms with Crippen molar-refractivity contribution in [3.8, 4) is 0 Å². The lowest BCUT2D eigenvalue weighted by molar-refractivity contribution is -0.109. The Balaban J connectivity index is 3.04. The molecule has 0 aliphatic rings. The van der Waals surface area contributed by atoms with Crippen LogP contribution in [0.1, 0.15) is 23.1 Å². The van der Waals surface area contributed by atoms with Crippen LogP contribution in [0.3, 0.4) is 0 Å². The molecule has 1 aromatic heterocycles. The Morgan fingerprint density at radius 3 is 2.88 bits per heavy atom. The Kier molecular flexibility index (Phi) is 5.18. The minimum Gasteiger partial charge on any atom is -0.461 e.